The number of halogens is 1. The molecule has 0 N–H and O–H groups in total. The maximum atomic E-state index is 11.2. The monoisotopic (exact) mass is 206 g/mol. The second-order valence-electron chi connectivity index (χ2n) is 2.19. The number of thioether (sulfide) groups is 1. The summed E-state index contributed by atoms with van der Waals surface area (Å²) in [6.07, 6.45) is 0. The molecule has 0 fully saturated rings. The highest BCUT2D eigenvalue weighted by molar-refractivity contribution is 8.02. The molecule has 1 unspecified atom stereocenters. The van der Waals surface area contributed by atoms with Crippen molar-refractivity contribution < 1.29 is 14.3 Å². The van der Waals surface area contributed by atoms with Crippen LogP contribution in [0.5, 0.6) is 0 Å². The fourth-order valence-corrected chi connectivity index (χ4v) is 1.91. The van der Waals surface area contributed by atoms with E-state index in [1.165, 1.54) is 24.3 Å². The first kappa shape index (κ1) is 9.61. The van der Waals surface area contributed by atoms with Crippen LogP contribution >= 0.6 is 23.4 Å². The van der Waals surface area contributed by atoms with Crippen LogP contribution in [-0.4, -0.2) is 30.0 Å². The first-order valence-corrected chi connectivity index (χ1v) is 4.73. The van der Waals surface area contributed by atoms with Gasteiger partial charge in [-0.2, -0.15) is 0 Å². The topological polar surface area (TPSA) is 43.4 Å². The number of methoxy groups -OCH3 is 1. The fraction of sp³-hybridized carbons (Fsp3) is 0.429. The van der Waals surface area contributed by atoms with E-state index in [2.05, 4.69) is 4.74 Å². The van der Waals surface area contributed by atoms with Crippen molar-refractivity contribution in [2.75, 3.05) is 12.9 Å². The van der Waals surface area contributed by atoms with Gasteiger partial charge in [0.1, 0.15) is 11.0 Å². The normalized spacial score (nSPS) is 23.3. The lowest BCUT2D eigenvalue weighted by atomic mass is 10.1. The minimum absolute atomic E-state index is 0.0498. The van der Waals surface area contributed by atoms with E-state index in [1.807, 2.05) is 0 Å². The molecule has 0 saturated carbocycles. The van der Waals surface area contributed by atoms with Crippen LogP contribution in [0.25, 0.3) is 0 Å². The zero-order valence-electron chi connectivity index (χ0n) is 6.37. The maximum absolute atomic E-state index is 11.2. The van der Waals surface area contributed by atoms with E-state index in [0.717, 1.165) is 0 Å². The summed E-state index contributed by atoms with van der Waals surface area (Å²) in [5, 5.41) is 0.890. The van der Waals surface area contributed by atoms with Crippen LogP contribution < -0.4 is 0 Å². The van der Waals surface area contributed by atoms with Gasteiger partial charge in [0.05, 0.1) is 7.11 Å². The standard InChI is InChI=1S/C7H7ClO3S/c1-11-7(10)4-2-12-3-5(8)6(4)9/h2,5H,3H2,1H3. The van der Waals surface area contributed by atoms with Crippen molar-refractivity contribution in [2.24, 2.45) is 0 Å². The second-order valence-corrected chi connectivity index (χ2v) is 3.62. The summed E-state index contributed by atoms with van der Waals surface area (Å²) >= 11 is 6.99. The Morgan fingerprint density at radius 2 is 2.50 bits per heavy atom. The van der Waals surface area contributed by atoms with Gasteiger partial charge in [-0.05, 0) is 5.41 Å². The summed E-state index contributed by atoms with van der Waals surface area (Å²) in [5.74, 6) is -0.443. The van der Waals surface area contributed by atoms with Crippen LogP contribution in [0.1, 0.15) is 0 Å². The SMILES string of the molecule is COC(=O)C1=CSCC(Cl)C1=O. The Morgan fingerprint density at radius 3 is 3.08 bits per heavy atom. The third-order valence-corrected chi connectivity index (χ3v) is 2.86. The third kappa shape index (κ3) is 1.81. The summed E-state index contributed by atoms with van der Waals surface area (Å²) in [7, 11) is 1.24. The molecule has 0 radical (unpaired) electrons. The Labute approximate surface area is 79.1 Å². The minimum atomic E-state index is -0.613. The molecule has 1 rings (SSSR count). The van der Waals surface area contributed by atoms with Gasteiger partial charge in [-0.1, -0.05) is 0 Å². The molecule has 1 heterocycles. The number of hydrogen-bond acceptors (Lipinski definition) is 4. The maximum Gasteiger partial charge on any atom is 0.342 e. The Hall–Kier alpha value is -0.480. The molecular formula is C7H7ClO3S. The summed E-state index contributed by atoms with van der Waals surface area (Å²) < 4.78 is 4.41. The molecule has 1 atom stereocenters. The molecule has 0 aliphatic carbocycles. The Kier molecular flexibility index (Phi) is 3.17. The van der Waals surface area contributed by atoms with Crippen molar-refractivity contribution in [3.63, 3.8) is 0 Å². The molecule has 0 spiro atoms. The molecule has 0 amide bonds. The number of rotatable bonds is 1. The van der Waals surface area contributed by atoms with Gasteiger partial charge >= 0.3 is 5.97 Å². The lowest BCUT2D eigenvalue weighted by Crippen LogP contribution is -2.27. The Morgan fingerprint density at radius 1 is 1.83 bits per heavy atom. The number of carbonyl (C=O) groups is 2. The van der Waals surface area contributed by atoms with E-state index in [1.54, 1.807) is 0 Å². The van der Waals surface area contributed by atoms with Crippen LogP contribution in [0.4, 0.5) is 0 Å². The number of hydrogen-bond donors (Lipinski definition) is 0. The summed E-state index contributed by atoms with van der Waals surface area (Å²) in [4.78, 5) is 22.2. The molecule has 0 aromatic heterocycles. The molecular weight excluding hydrogens is 200 g/mol. The fourth-order valence-electron chi connectivity index (χ4n) is 0.777. The summed E-state index contributed by atoms with van der Waals surface area (Å²) in [6.45, 7) is 0. The molecule has 1 aliphatic rings. The van der Waals surface area contributed by atoms with E-state index in [9.17, 15) is 9.59 Å². The molecule has 3 nitrogen and oxygen atoms in total. The van der Waals surface area contributed by atoms with E-state index in [0.29, 0.717) is 5.75 Å². The molecule has 0 saturated heterocycles. The summed E-state index contributed by atoms with van der Waals surface area (Å²) in [6, 6.07) is 0. The highest BCUT2D eigenvalue weighted by atomic mass is 35.5. The highest BCUT2D eigenvalue weighted by Crippen LogP contribution is 2.22. The van der Waals surface area contributed by atoms with Crippen LogP contribution in [0.3, 0.4) is 0 Å². The van der Waals surface area contributed by atoms with Crippen molar-refractivity contribution in [1.82, 2.24) is 0 Å². The number of Topliss-reactive ketones (excluding diaryl/α,β-unsaturated/α-hetero) is 1. The molecule has 0 aromatic carbocycles. The van der Waals surface area contributed by atoms with Crippen molar-refractivity contribution in [3.05, 3.63) is 11.0 Å². The lowest BCUT2D eigenvalue weighted by Gasteiger charge is -2.13. The number of alkyl halides is 1. The van der Waals surface area contributed by atoms with Crippen LogP contribution in [-0.2, 0) is 14.3 Å². The average molecular weight is 207 g/mol. The smallest absolute Gasteiger partial charge is 0.342 e. The van der Waals surface area contributed by atoms with Crippen LogP contribution in [0.15, 0.2) is 11.0 Å². The minimum Gasteiger partial charge on any atom is -0.465 e. The first-order chi connectivity index (χ1) is 5.66. The summed E-state index contributed by atoms with van der Waals surface area (Å²) in [5.41, 5.74) is 0.0498. The number of esters is 1. The molecule has 12 heavy (non-hydrogen) atoms. The third-order valence-electron chi connectivity index (χ3n) is 1.40. The molecule has 0 aromatic rings. The molecule has 66 valence electrons. The largest absolute Gasteiger partial charge is 0.465 e. The number of ether oxygens (including phenoxy) is 1. The van der Waals surface area contributed by atoms with Gasteiger partial charge < -0.3 is 4.74 Å². The Bertz CT molecular complexity index is 249. The first-order valence-electron chi connectivity index (χ1n) is 3.25. The van der Waals surface area contributed by atoms with Gasteiger partial charge in [0.25, 0.3) is 0 Å². The predicted molar refractivity (Wildman–Crippen MR) is 47.2 cm³/mol. The predicted octanol–water partition coefficient (Wildman–Crippen LogP) is 0.967. The van der Waals surface area contributed by atoms with Gasteiger partial charge in [-0.15, -0.1) is 23.4 Å². The van der Waals surface area contributed by atoms with Crippen molar-refractivity contribution in [2.45, 2.75) is 5.38 Å². The van der Waals surface area contributed by atoms with Crippen molar-refractivity contribution in [3.8, 4) is 0 Å². The van der Waals surface area contributed by atoms with Gasteiger partial charge in [0.15, 0.2) is 5.78 Å². The molecule has 5 heteroatoms. The van der Waals surface area contributed by atoms with Crippen molar-refractivity contribution in [1.29, 1.82) is 0 Å². The van der Waals surface area contributed by atoms with Crippen LogP contribution in [0.2, 0.25) is 0 Å². The van der Waals surface area contributed by atoms with E-state index >= 15 is 0 Å². The average Bonchev–Trinajstić information content (AvgIpc) is 2.08. The zero-order valence-corrected chi connectivity index (χ0v) is 7.95. The van der Waals surface area contributed by atoms with E-state index in [4.69, 9.17) is 11.6 Å². The van der Waals surface area contributed by atoms with E-state index < -0.39 is 11.3 Å². The van der Waals surface area contributed by atoms with E-state index in [-0.39, 0.29) is 11.4 Å². The molecule has 1 aliphatic heterocycles. The highest BCUT2D eigenvalue weighted by Gasteiger charge is 2.28. The quantitative estimate of drug-likeness (QED) is 0.364. The molecule has 0 bridgehead atoms. The van der Waals surface area contributed by atoms with Gasteiger partial charge in [-0.3, -0.25) is 4.79 Å². The van der Waals surface area contributed by atoms with Crippen molar-refractivity contribution >= 4 is 35.1 Å². The number of carbonyl (C=O) groups excluding carboxylic acids is 2. The lowest BCUT2D eigenvalue weighted by molar-refractivity contribution is -0.137. The van der Waals surface area contributed by atoms with Gasteiger partial charge in [0, 0.05) is 5.75 Å². The number of ketones is 1. The second kappa shape index (κ2) is 3.96. The zero-order chi connectivity index (χ0) is 9.14. The van der Waals surface area contributed by atoms with Gasteiger partial charge in [0.2, 0.25) is 0 Å². The van der Waals surface area contributed by atoms with Gasteiger partial charge in [-0.25, -0.2) is 4.79 Å². The Balaban J connectivity index is 2.82. The van der Waals surface area contributed by atoms with Crippen LogP contribution in [0, 0.1) is 0 Å².